The van der Waals surface area contributed by atoms with E-state index >= 15 is 0 Å². The summed E-state index contributed by atoms with van der Waals surface area (Å²) in [5, 5.41) is 4.63. The minimum absolute atomic E-state index is 0.0823. The first kappa shape index (κ1) is 16.5. The van der Waals surface area contributed by atoms with Crippen molar-refractivity contribution in [2.45, 2.75) is 37.4 Å². The number of nitrogens with two attached hydrogens (primary N) is 1. The number of primary sulfonamides is 1. The zero-order chi connectivity index (χ0) is 16.4. The Balaban J connectivity index is 1.49. The summed E-state index contributed by atoms with van der Waals surface area (Å²) >= 11 is 0. The van der Waals surface area contributed by atoms with Gasteiger partial charge in [0.15, 0.2) is 0 Å². The maximum Gasteiger partial charge on any atom is 0.222 e. The average molecular weight is 336 g/mol. The number of carbonyl (C=O) groups is 1. The molecular weight excluding hydrogens is 312 g/mol. The van der Waals surface area contributed by atoms with E-state index in [0.29, 0.717) is 37.6 Å². The number of nitrogens with zero attached hydrogens (tertiary/aromatic N) is 1. The molecule has 1 amide bonds. The Morgan fingerprint density at radius 3 is 2.65 bits per heavy atom. The Hall–Kier alpha value is -1.40. The maximum absolute atomic E-state index is 12.4. The van der Waals surface area contributed by atoms with E-state index in [1.807, 2.05) is 18.2 Å². The molecule has 126 valence electrons. The number of hydrogen-bond donors (Lipinski definition) is 1. The highest BCUT2D eigenvalue weighted by Gasteiger charge is 2.40. The van der Waals surface area contributed by atoms with Gasteiger partial charge in [-0.2, -0.15) is 0 Å². The van der Waals surface area contributed by atoms with Gasteiger partial charge >= 0.3 is 0 Å². The summed E-state index contributed by atoms with van der Waals surface area (Å²) in [4.78, 5) is 14.1. The van der Waals surface area contributed by atoms with Crippen molar-refractivity contribution in [3.63, 3.8) is 0 Å². The smallest absolute Gasteiger partial charge is 0.222 e. The molecule has 1 saturated carbocycles. The van der Waals surface area contributed by atoms with Gasteiger partial charge < -0.3 is 4.90 Å². The summed E-state index contributed by atoms with van der Waals surface area (Å²) < 4.78 is 23.0. The summed E-state index contributed by atoms with van der Waals surface area (Å²) in [5.41, 5.74) is 1.32. The number of hydrogen-bond acceptors (Lipinski definition) is 3. The molecule has 1 heterocycles. The highest BCUT2D eigenvalue weighted by molar-refractivity contribution is 7.89. The molecule has 0 bridgehead atoms. The molecular formula is C17H24N2O3S. The van der Waals surface area contributed by atoms with E-state index in [1.165, 1.54) is 5.56 Å². The Labute approximate surface area is 137 Å². The van der Waals surface area contributed by atoms with Crippen LogP contribution in [-0.2, 0) is 21.2 Å². The molecule has 5 nitrogen and oxygen atoms in total. The highest BCUT2D eigenvalue weighted by Crippen LogP contribution is 2.44. The molecule has 2 N–H and O–H groups in total. The van der Waals surface area contributed by atoms with Crippen molar-refractivity contribution in [2.24, 2.45) is 17.0 Å². The molecule has 3 atom stereocenters. The average Bonchev–Trinajstić information content (AvgIpc) is 3.25. The van der Waals surface area contributed by atoms with Crippen LogP contribution in [0, 0.1) is 11.8 Å². The van der Waals surface area contributed by atoms with Gasteiger partial charge in [-0.3, -0.25) is 4.79 Å². The molecule has 23 heavy (non-hydrogen) atoms. The third kappa shape index (κ3) is 4.32. The second-order valence-electron chi connectivity index (χ2n) is 6.84. The van der Waals surface area contributed by atoms with Crippen LogP contribution in [0.1, 0.15) is 31.2 Å². The van der Waals surface area contributed by atoms with Crippen molar-refractivity contribution in [2.75, 3.05) is 13.1 Å². The number of likely N-dealkylation sites (tertiary alicyclic amines) is 1. The lowest BCUT2D eigenvalue weighted by Gasteiger charge is -2.31. The van der Waals surface area contributed by atoms with Crippen LogP contribution in [0.2, 0.25) is 0 Å². The number of rotatable bonds is 5. The lowest BCUT2D eigenvalue weighted by molar-refractivity contribution is -0.132. The Morgan fingerprint density at radius 1 is 1.22 bits per heavy atom. The number of benzene rings is 1. The summed E-state index contributed by atoms with van der Waals surface area (Å²) in [7, 11) is -3.55. The van der Waals surface area contributed by atoms with E-state index in [-0.39, 0.29) is 12.5 Å². The van der Waals surface area contributed by atoms with E-state index in [2.05, 4.69) is 12.1 Å². The van der Waals surface area contributed by atoms with Gasteiger partial charge in [-0.05, 0) is 43.1 Å². The fourth-order valence-corrected chi connectivity index (χ4v) is 4.40. The summed E-state index contributed by atoms with van der Waals surface area (Å²) in [6.45, 7) is 0.911. The lowest BCUT2D eigenvalue weighted by atomic mass is 10.1. The van der Waals surface area contributed by atoms with E-state index in [1.54, 1.807) is 4.90 Å². The third-order valence-electron chi connectivity index (χ3n) is 5.04. The molecule has 1 aromatic carbocycles. The predicted octanol–water partition coefficient (Wildman–Crippen LogP) is 1.53. The first-order valence-corrected chi connectivity index (χ1v) is 9.88. The van der Waals surface area contributed by atoms with Crippen LogP contribution >= 0.6 is 0 Å². The molecule has 1 unspecified atom stereocenters. The second-order valence-corrected chi connectivity index (χ2v) is 8.69. The van der Waals surface area contributed by atoms with Crippen LogP contribution < -0.4 is 5.14 Å². The molecule has 1 aliphatic carbocycles. The second kappa shape index (κ2) is 6.61. The standard InChI is InChI=1S/C17H24N2O3S/c18-23(21,22)16-7-4-8-19(12-16)17(20)11-15-10-14(15)9-13-5-2-1-3-6-13/h1-3,5-6,14-16H,4,7-12H2,(H2,18,21,22)/t14-,15+,16?/m1/s1. The Morgan fingerprint density at radius 2 is 1.96 bits per heavy atom. The van der Waals surface area contributed by atoms with Crippen molar-refractivity contribution in [3.05, 3.63) is 35.9 Å². The van der Waals surface area contributed by atoms with Crippen molar-refractivity contribution >= 4 is 15.9 Å². The summed E-state index contributed by atoms with van der Waals surface area (Å²) in [5.74, 6) is 1.11. The fraction of sp³-hybridized carbons (Fsp3) is 0.588. The predicted molar refractivity (Wildman–Crippen MR) is 89.1 cm³/mol. The van der Waals surface area contributed by atoms with E-state index < -0.39 is 15.3 Å². The van der Waals surface area contributed by atoms with Crippen LogP contribution in [0.15, 0.2) is 30.3 Å². The summed E-state index contributed by atoms with van der Waals surface area (Å²) in [6, 6.07) is 10.3. The van der Waals surface area contributed by atoms with E-state index in [9.17, 15) is 13.2 Å². The van der Waals surface area contributed by atoms with Crippen molar-refractivity contribution < 1.29 is 13.2 Å². The number of sulfonamides is 1. The Kier molecular flexibility index (Phi) is 4.73. The van der Waals surface area contributed by atoms with Gasteiger partial charge in [0.05, 0.1) is 5.25 Å². The molecule has 1 saturated heterocycles. The van der Waals surface area contributed by atoms with Gasteiger partial charge in [-0.1, -0.05) is 30.3 Å². The lowest BCUT2D eigenvalue weighted by Crippen LogP contribution is -2.47. The topological polar surface area (TPSA) is 80.5 Å². The van der Waals surface area contributed by atoms with Crippen LogP contribution in [0.4, 0.5) is 0 Å². The normalized spacial score (nSPS) is 27.7. The number of carbonyl (C=O) groups excluding carboxylic acids is 1. The molecule has 1 aliphatic heterocycles. The zero-order valence-electron chi connectivity index (χ0n) is 13.2. The van der Waals surface area contributed by atoms with Crippen molar-refractivity contribution in [3.8, 4) is 0 Å². The third-order valence-corrected chi connectivity index (χ3v) is 6.36. The van der Waals surface area contributed by atoms with Crippen molar-refractivity contribution in [1.29, 1.82) is 0 Å². The highest BCUT2D eigenvalue weighted by atomic mass is 32.2. The van der Waals surface area contributed by atoms with Gasteiger partial charge in [0, 0.05) is 19.5 Å². The van der Waals surface area contributed by atoms with E-state index in [0.717, 1.165) is 12.8 Å². The largest absolute Gasteiger partial charge is 0.341 e. The number of piperidine rings is 1. The molecule has 0 radical (unpaired) electrons. The zero-order valence-corrected chi connectivity index (χ0v) is 14.0. The molecule has 3 rings (SSSR count). The van der Waals surface area contributed by atoms with Gasteiger partial charge in [-0.25, -0.2) is 13.6 Å². The molecule has 0 aromatic heterocycles. The molecule has 2 fully saturated rings. The maximum atomic E-state index is 12.4. The van der Waals surface area contributed by atoms with Gasteiger partial charge in [0.2, 0.25) is 15.9 Å². The van der Waals surface area contributed by atoms with Crippen LogP contribution in [0.25, 0.3) is 0 Å². The first-order valence-electron chi connectivity index (χ1n) is 8.27. The molecule has 0 spiro atoms. The number of amides is 1. The minimum atomic E-state index is -3.55. The van der Waals surface area contributed by atoms with E-state index in [4.69, 9.17) is 5.14 Å². The van der Waals surface area contributed by atoms with Crippen LogP contribution in [-0.4, -0.2) is 37.6 Å². The first-order chi connectivity index (χ1) is 10.9. The van der Waals surface area contributed by atoms with Gasteiger partial charge in [0.1, 0.15) is 0 Å². The van der Waals surface area contributed by atoms with Crippen molar-refractivity contribution in [1.82, 2.24) is 4.90 Å². The minimum Gasteiger partial charge on any atom is -0.341 e. The molecule has 1 aromatic rings. The molecule has 2 aliphatic rings. The quantitative estimate of drug-likeness (QED) is 0.885. The van der Waals surface area contributed by atoms with Crippen LogP contribution in [0.5, 0.6) is 0 Å². The van der Waals surface area contributed by atoms with Crippen LogP contribution in [0.3, 0.4) is 0 Å². The molecule has 6 heteroatoms. The Bertz CT molecular complexity index is 660. The monoisotopic (exact) mass is 336 g/mol. The SMILES string of the molecule is NS(=O)(=O)C1CCCN(C(=O)C[C@@H]2C[C@H]2Cc2ccccc2)C1. The van der Waals surface area contributed by atoms with Gasteiger partial charge in [0.25, 0.3) is 0 Å². The summed E-state index contributed by atoms with van der Waals surface area (Å²) in [6.07, 6.45) is 3.92. The van der Waals surface area contributed by atoms with Gasteiger partial charge in [-0.15, -0.1) is 0 Å². The fourth-order valence-electron chi connectivity index (χ4n) is 3.51.